The fraction of sp³-hybridized carbons (Fsp3) is 0. The summed E-state index contributed by atoms with van der Waals surface area (Å²) in [6.07, 6.45) is 0. The van der Waals surface area contributed by atoms with Crippen LogP contribution in [0.25, 0.3) is 10.8 Å². The Bertz CT molecular complexity index is 1100. The molecule has 0 heterocycles. The fourth-order valence-corrected chi connectivity index (χ4v) is 2.95. The van der Waals surface area contributed by atoms with Gasteiger partial charge in [0, 0.05) is 11.1 Å². The topological polar surface area (TPSA) is 125 Å². The molecule has 7 nitrogen and oxygen atoms in total. The molecule has 3 aromatic carbocycles. The number of fused-ring (bicyclic) bond motifs is 1. The molecule has 3 rings (SSSR count). The molecule has 0 aliphatic carbocycles. The second kappa shape index (κ2) is 6.32. The monoisotopic (exact) mass is 377 g/mol. The van der Waals surface area contributed by atoms with E-state index in [1.165, 1.54) is 18.2 Å². The van der Waals surface area contributed by atoms with Crippen molar-refractivity contribution in [2.24, 2.45) is 10.2 Å². The molecule has 0 aliphatic heterocycles. The first-order valence-electron chi connectivity index (χ1n) is 6.96. The highest BCUT2D eigenvalue weighted by molar-refractivity contribution is 7.85. The van der Waals surface area contributed by atoms with E-state index >= 15 is 0 Å². The van der Waals surface area contributed by atoms with Crippen LogP contribution in [0.15, 0.2) is 63.7 Å². The summed E-state index contributed by atoms with van der Waals surface area (Å²) in [5, 5.41) is 19.4. The lowest BCUT2D eigenvalue weighted by molar-refractivity contribution is 0.471. The van der Waals surface area contributed by atoms with Crippen molar-refractivity contribution in [3.63, 3.8) is 0 Å². The quantitative estimate of drug-likeness (QED) is 0.353. The van der Waals surface area contributed by atoms with Gasteiger partial charge in [-0.05, 0) is 41.8 Å². The Hall–Kier alpha value is -2.68. The summed E-state index contributed by atoms with van der Waals surface area (Å²) in [4.78, 5) is -0.428. The molecule has 0 amide bonds. The third kappa shape index (κ3) is 3.55. The van der Waals surface area contributed by atoms with Gasteiger partial charge < -0.3 is 10.8 Å². The first kappa shape index (κ1) is 17.2. The molecule has 0 aromatic heterocycles. The zero-order chi connectivity index (χ0) is 18.2. The zero-order valence-electron chi connectivity index (χ0n) is 12.6. The maximum Gasteiger partial charge on any atom is 0.294 e. The van der Waals surface area contributed by atoms with E-state index in [1.807, 2.05) is 0 Å². The Morgan fingerprint density at radius 2 is 1.68 bits per heavy atom. The average molecular weight is 378 g/mol. The van der Waals surface area contributed by atoms with Crippen molar-refractivity contribution >= 4 is 49.6 Å². The summed E-state index contributed by atoms with van der Waals surface area (Å²) in [5.74, 6) is -0.387. The largest absolute Gasteiger partial charge is 0.507 e. The summed E-state index contributed by atoms with van der Waals surface area (Å²) >= 11 is 5.81. The average Bonchev–Trinajstić information content (AvgIpc) is 2.54. The van der Waals surface area contributed by atoms with Crippen LogP contribution in [-0.4, -0.2) is 18.1 Å². The second-order valence-electron chi connectivity index (χ2n) is 5.20. The van der Waals surface area contributed by atoms with Crippen molar-refractivity contribution in [1.29, 1.82) is 0 Å². The third-order valence-corrected chi connectivity index (χ3v) is 4.55. The second-order valence-corrected chi connectivity index (χ2v) is 7.05. The molecule has 0 bridgehead atoms. The molecule has 4 N–H and O–H groups in total. The van der Waals surface area contributed by atoms with Crippen LogP contribution < -0.4 is 5.73 Å². The van der Waals surface area contributed by atoms with Crippen molar-refractivity contribution in [2.75, 3.05) is 5.73 Å². The van der Waals surface area contributed by atoms with Crippen molar-refractivity contribution in [1.82, 2.24) is 0 Å². The molecule has 128 valence electrons. The molecule has 0 saturated carbocycles. The number of rotatable bonds is 3. The minimum absolute atomic E-state index is 0.187. The Kier molecular flexibility index (Phi) is 4.34. The van der Waals surface area contributed by atoms with E-state index in [9.17, 15) is 13.5 Å². The van der Waals surface area contributed by atoms with Gasteiger partial charge >= 0.3 is 0 Å². The highest BCUT2D eigenvalue weighted by Crippen LogP contribution is 2.40. The Morgan fingerprint density at radius 1 is 1.00 bits per heavy atom. The van der Waals surface area contributed by atoms with Crippen molar-refractivity contribution in [3.8, 4) is 5.75 Å². The van der Waals surface area contributed by atoms with E-state index in [4.69, 9.17) is 21.9 Å². The minimum atomic E-state index is -4.46. The Morgan fingerprint density at radius 3 is 2.32 bits per heavy atom. The van der Waals surface area contributed by atoms with E-state index in [-0.39, 0.29) is 22.5 Å². The van der Waals surface area contributed by atoms with E-state index < -0.39 is 15.0 Å². The molecule has 25 heavy (non-hydrogen) atoms. The predicted molar refractivity (Wildman–Crippen MR) is 95.5 cm³/mol. The summed E-state index contributed by atoms with van der Waals surface area (Å²) in [5.41, 5.74) is 6.87. The highest BCUT2D eigenvalue weighted by atomic mass is 35.5. The summed E-state index contributed by atoms with van der Waals surface area (Å²) < 4.78 is 31.7. The lowest BCUT2D eigenvalue weighted by Gasteiger charge is -2.08. The van der Waals surface area contributed by atoms with Crippen LogP contribution in [-0.2, 0) is 10.1 Å². The smallest absolute Gasteiger partial charge is 0.294 e. The zero-order valence-corrected chi connectivity index (χ0v) is 14.2. The maximum absolute atomic E-state index is 11.3. The summed E-state index contributed by atoms with van der Waals surface area (Å²) in [6, 6.07) is 11.8. The predicted octanol–water partition coefficient (Wildman–Crippen LogP) is 4.44. The molecule has 0 radical (unpaired) electrons. The van der Waals surface area contributed by atoms with Crippen LogP contribution in [0.3, 0.4) is 0 Å². The standard InChI is InChI=1S/C16H12ClN3O4S/c17-10-2-4-11(5-3-10)19-20-16-13(18)6-1-9-7-12(25(22,23)24)8-14(21)15(9)16/h1-8,21H,18H2,(H,22,23,24). The van der Waals surface area contributed by atoms with E-state index in [1.54, 1.807) is 24.3 Å². The number of hydrogen-bond acceptors (Lipinski definition) is 6. The Balaban J connectivity index is 2.17. The van der Waals surface area contributed by atoms with E-state index in [0.29, 0.717) is 16.1 Å². The molecule has 0 spiro atoms. The number of nitrogens with two attached hydrogens (primary N) is 1. The molecule has 0 unspecified atom stereocenters. The van der Waals surface area contributed by atoms with Crippen LogP contribution in [0.4, 0.5) is 17.1 Å². The lowest BCUT2D eigenvalue weighted by atomic mass is 10.1. The molecule has 9 heteroatoms. The van der Waals surface area contributed by atoms with Crippen molar-refractivity contribution in [3.05, 3.63) is 53.6 Å². The molecular formula is C16H12ClN3O4S. The van der Waals surface area contributed by atoms with Gasteiger partial charge in [0.25, 0.3) is 10.1 Å². The fourth-order valence-electron chi connectivity index (χ4n) is 2.29. The maximum atomic E-state index is 11.3. The van der Waals surface area contributed by atoms with Gasteiger partial charge in [-0.3, -0.25) is 4.55 Å². The van der Waals surface area contributed by atoms with Crippen molar-refractivity contribution < 1.29 is 18.1 Å². The van der Waals surface area contributed by atoms with Gasteiger partial charge in [0.15, 0.2) is 0 Å². The minimum Gasteiger partial charge on any atom is -0.507 e. The van der Waals surface area contributed by atoms with Crippen LogP contribution in [0.5, 0.6) is 5.75 Å². The number of halogens is 1. The normalized spacial score (nSPS) is 12.1. The van der Waals surface area contributed by atoms with Crippen LogP contribution in [0, 0.1) is 0 Å². The molecule has 0 aliphatic rings. The Labute approximate surface area is 148 Å². The van der Waals surface area contributed by atoms with E-state index in [0.717, 1.165) is 6.07 Å². The molecule has 0 fully saturated rings. The number of anilines is 1. The van der Waals surface area contributed by atoms with Gasteiger partial charge in [-0.1, -0.05) is 17.7 Å². The number of azo groups is 1. The van der Waals surface area contributed by atoms with Crippen LogP contribution in [0.2, 0.25) is 5.02 Å². The van der Waals surface area contributed by atoms with Gasteiger partial charge in [-0.25, -0.2) is 0 Å². The summed E-state index contributed by atoms with van der Waals surface area (Å²) in [7, 11) is -4.46. The number of phenols is 1. The highest BCUT2D eigenvalue weighted by Gasteiger charge is 2.16. The number of aromatic hydroxyl groups is 1. The van der Waals surface area contributed by atoms with Crippen LogP contribution >= 0.6 is 11.6 Å². The van der Waals surface area contributed by atoms with Gasteiger partial charge in [-0.15, -0.1) is 5.11 Å². The van der Waals surface area contributed by atoms with E-state index in [2.05, 4.69) is 10.2 Å². The third-order valence-electron chi connectivity index (χ3n) is 3.46. The molecule has 0 saturated heterocycles. The number of benzene rings is 3. The van der Waals surface area contributed by atoms with Crippen LogP contribution in [0.1, 0.15) is 0 Å². The van der Waals surface area contributed by atoms with Gasteiger partial charge in [0.2, 0.25) is 0 Å². The number of phenolic OH excluding ortho intramolecular Hbond substituents is 1. The first-order valence-corrected chi connectivity index (χ1v) is 8.77. The molecule has 0 atom stereocenters. The number of hydrogen-bond donors (Lipinski definition) is 3. The van der Waals surface area contributed by atoms with Gasteiger partial charge in [-0.2, -0.15) is 13.5 Å². The molecule has 3 aromatic rings. The van der Waals surface area contributed by atoms with Gasteiger partial charge in [0.1, 0.15) is 11.4 Å². The summed E-state index contributed by atoms with van der Waals surface area (Å²) in [6.45, 7) is 0. The molecular weight excluding hydrogens is 366 g/mol. The lowest BCUT2D eigenvalue weighted by Crippen LogP contribution is -1.98. The number of nitrogens with zero attached hydrogens (tertiary/aromatic N) is 2. The first-order chi connectivity index (χ1) is 11.8. The number of nitrogen functional groups attached to an aromatic ring is 1. The van der Waals surface area contributed by atoms with Crippen molar-refractivity contribution in [2.45, 2.75) is 4.90 Å². The SMILES string of the molecule is Nc1ccc2cc(S(=O)(=O)O)cc(O)c2c1N=Nc1ccc(Cl)cc1. The van der Waals surface area contributed by atoms with Gasteiger partial charge in [0.05, 0.1) is 21.7 Å².